The summed E-state index contributed by atoms with van der Waals surface area (Å²) in [4.78, 5) is 0. The molecule has 0 aliphatic carbocycles. The van der Waals surface area contributed by atoms with E-state index in [9.17, 15) is 0 Å². The standard InChI is InChI=1S/C9H8BrClN4/c1-6-3-2-4-7(9(6)10)15-8(5-11)12-13-14-15/h2-4H,5H2,1H3. The normalized spacial score (nSPS) is 10.6. The van der Waals surface area contributed by atoms with Crippen molar-refractivity contribution in [1.82, 2.24) is 20.2 Å². The molecule has 0 saturated heterocycles. The molecular formula is C9H8BrClN4. The molecule has 0 amide bonds. The van der Waals surface area contributed by atoms with Gasteiger partial charge in [0.05, 0.1) is 11.6 Å². The number of tetrazole rings is 1. The van der Waals surface area contributed by atoms with Gasteiger partial charge in [0.1, 0.15) is 0 Å². The maximum atomic E-state index is 5.74. The average molecular weight is 288 g/mol. The number of hydrogen-bond acceptors (Lipinski definition) is 3. The van der Waals surface area contributed by atoms with Gasteiger partial charge in [0.15, 0.2) is 5.82 Å². The van der Waals surface area contributed by atoms with Crippen molar-refractivity contribution in [3.8, 4) is 5.69 Å². The lowest BCUT2D eigenvalue weighted by molar-refractivity contribution is 0.773. The van der Waals surface area contributed by atoms with Crippen molar-refractivity contribution in [2.24, 2.45) is 0 Å². The van der Waals surface area contributed by atoms with Crippen molar-refractivity contribution in [3.63, 3.8) is 0 Å². The van der Waals surface area contributed by atoms with Crippen LogP contribution in [0.5, 0.6) is 0 Å². The van der Waals surface area contributed by atoms with E-state index >= 15 is 0 Å². The SMILES string of the molecule is Cc1cccc(-n2nnnc2CCl)c1Br. The zero-order valence-corrected chi connectivity index (χ0v) is 10.3. The highest BCUT2D eigenvalue weighted by atomic mass is 79.9. The maximum Gasteiger partial charge on any atom is 0.171 e. The van der Waals surface area contributed by atoms with Crippen LogP contribution in [0.2, 0.25) is 0 Å². The number of hydrogen-bond donors (Lipinski definition) is 0. The van der Waals surface area contributed by atoms with Crippen molar-refractivity contribution >= 4 is 27.5 Å². The molecule has 0 fully saturated rings. The number of aryl methyl sites for hydroxylation is 1. The molecule has 0 aliphatic rings. The predicted molar refractivity (Wildman–Crippen MR) is 61.1 cm³/mol. The van der Waals surface area contributed by atoms with Crippen molar-refractivity contribution in [2.45, 2.75) is 12.8 Å². The highest BCUT2D eigenvalue weighted by molar-refractivity contribution is 9.10. The Morgan fingerprint density at radius 1 is 1.47 bits per heavy atom. The van der Waals surface area contributed by atoms with Crippen LogP contribution < -0.4 is 0 Å². The molecule has 0 radical (unpaired) electrons. The van der Waals surface area contributed by atoms with Gasteiger partial charge < -0.3 is 0 Å². The number of nitrogens with zero attached hydrogens (tertiary/aromatic N) is 4. The lowest BCUT2D eigenvalue weighted by atomic mass is 10.2. The van der Waals surface area contributed by atoms with E-state index in [4.69, 9.17) is 11.6 Å². The van der Waals surface area contributed by atoms with Crippen molar-refractivity contribution in [3.05, 3.63) is 34.1 Å². The van der Waals surface area contributed by atoms with Crippen LogP contribution in [-0.2, 0) is 5.88 Å². The van der Waals surface area contributed by atoms with E-state index in [2.05, 4.69) is 31.5 Å². The molecule has 4 nitrogen and oxygen atoms in total. The molecular weight excluding hydrogens is 279 g/mol. The summed E-state index contributed by atoms with van der Waals surface area (Å²) in [5, 5.41) is 11.3. The quantitative estimate of drug-likeness (QED) is 0.797. The first-order chi connectivity index (χ1) is 7.24. The second kappa shape index (κ2) is 4.28. The topological polar surface area (TPSA) is 43.6 Å². The number of aromatic nitrogens is 4. The molecule has 15 heavy (non-hydrogen) atoms. The van der Waals surface area contributed by atoms with E-state index in [0.717, 1.165) is 15.7 Å². The molecule has 6 heteroatoms. The van der Waals surface area contributed by atoms with Crippen LogP contribution in [0.25, 0.3) is 5.69 Å². The largest absolute Gasteiger partial charge is 0.195 e. The smallest absolute Gasteiger partial charge is 0.171 e. The molecule has 0 bridgehead atoms. The van der Waals surface area contributed by atoms with Crippen LogP contribution in [0.15, 0.2) is 22.7 Å². The minimum absolute atomic E-state index is 0.285. The van der Waals surface area contributed by atoms with E-state index in [1.165, 1.54) is 0 Å². The summed E-state index contributed by atoms with van der Waals surface area (Å²) in [6.07, 6.45) is 0. The zero-order chi connectivity index (χ0) is 10.8. The van der Waals surface area contributed by atoms with Gasteiger partial charge in [-0.2, -0.15) is 4.68 Å². The van der Waals surface area contributed by atoms with Gasteiger partial charge in [0.25, 0.3) is 0 Å². The van der Waals surface area contributed by atoms with Gasteiger partial charge in [-0.1, -0.05) is 12.1 Å². The van der Waals surface area contributed by atoms with Gasteiger partial charge >= 0.3 is 0 Å². The van der Waals surface area contributed by atoms with Crippen molar-refractivity contribution in [1.29, 1.82) is 0 Å². The Morgan fingerprint density at radius 2 is 2.27 bits per heavy atom. The van der Waals surface area contributed by atoms with Crippen LogP contribution in [-0.4, -0.2) is 20.2 Å². The Bertz CT molecular complexity index is 483. The monoisotopic (exact) mass is 286 g/mol. The van der Waals surface area contributed by atoms with Gasteiger partial charge in [-0.25, -0.2) is 0 Å². The highest BCUT2D eigenvalue weighted by Crippen LogP contribution is 2.24. The van der Waals surface area contributed by atoms with Crippen LogP contribution in [0.1, 0.15) is 11.4 Å². The van der Waals surface area contributed by atoms with E-state index < -0.39 is 0 Å². The van der Waals surface area contributed by atoms with Gasteiger partial charge in [-0.15, -0.1) is 16.7 Å². The molecule has 0 spiro atoms. The number of alkyl halides is 1. The second-order valence-electron chi connectivity index (χ2n) is 3.05. The van der Waals surface area contributed by atoms with Crippen molar-refractivity contribution in [2.75, 3.05) is 0 Å². The van der Waals surface area contributed by atoms with E-state index in [-0.39, 0.29) is 5.88 Å². The fraction of sp³-hybridized carbons (Fsp3) is 0.222. The predicted octanol–water partition coefficient (Wildman–Crippen LogP) is 2.47. The first-order valence-corrected chi connectivity index (χ1v) is 5.65. The molecule has 1 aromatic carbocycles. The molecule has 1 heterocycles. The molecule has 0 atom stereocenters. The Morgan fingerprint density at radius 3 is 3.00 bits per heavy atom. The first kappa shape index (κ1) is 10.6. The molecule has 2 aromatic rings. The average Bonchev–Trinajstić information content (AvgIpc) is 2.70. The van der Waals surface area contributed by atoms with E-state index in [1.54, 1.807) is 4.68 Å². The fourth-order valence-electron chi connectivity index (χ4n) is 1.27. The van der Waals surface area contributed by atoms with Gasteiger partial charge in [-0.3, -0.25) is 0 Å². The Labute approximate surface area is 100 Å². The number of rotatable bonds is 2. The lowest BCUT2D eigenvalue weighted by Crippen LogP contribution is -2.03. The third-order valence-electron chi connectivity index (χ3n) is 2.05. The molecule has 78 valence electrons. The summed E-state index contributed by atoms with van der Waals surface area (Å²) in [5.41, 5.74) is 2.03. The second-order valence-corrected chi connectivity index (χ2v) is 4.11. The molecule has 1 aromatic heterocycles. The van der Waals surface area contributed by atoms with Gasteiger partial charge in [-0.05, 0) is 44.9 Å². The molecule has 0 N–H and O–H groups in total. The molecule has 0 aliphatic heterocycles. The van der Waals surface area contributed by atoms with Crippen LogP contribution >= 0.6 is 27.5 Å². The highest BCUT2D eigenvalue weighted by Gasteiger charge is 2.10. The van der Waals surface area contributed by atoms with Crippen molar-refractivity contribution < 1.29 is 0 Å². The number of halogens is 2. The first-order valence-electron chi connectivity index (χ1n) is 4.32. The summed E-state index contributed by atoms with van der Waals surface area (Å²) in [6, 6.07) is 5.90. The summed E-state index contributed by atoms with van der Waals surface area (Å²) in [5.74, 6) is 0.913. The molecule has 2 rings (SSSR count). The zero-order valence-electron chi connectivity index (χ0n) is 7.98. The Hall–Kier alpha value is -0.940. The lowest BCUT2D eigenvalue weighted by Gasteiger charge is -2.06. The third-order valence-corrected chi connectivity index (χ3v) is 3.32. The van der Waals surface area contributed by atoms with Crippen LogP contribution in [0, 0.1) is 6.92 Å². The van der Waals surface area contributed by atoms with E-state index in [0.29, 0.717) is 5.82 Å². The van der Waals surface area contributed by atoms with Crippen LogP contribution in [0.4, 0.5) is 0 Å². The summed E-state index contributed by atoms with van der Waals surface area (Å²) in [6.45, 7) is 2.01. The fourth-order valence-corrected chi connectivity index (χ4v) is 1.87. The van der Waals surface area contributed by atoms with Gasteiger partial charge in [0, 0.05) is 4.47 Å². The number of benzene rings is 1. The summed E-state index contributed by atoms with van der Waals surface area (Å²) >= 11 is 9.24. The minimum Gasteiger partial charge on any atom is -0.195 e. The minimum atomic E-state index is 0.285. The molecule has 0 saturated carbocycles. The Kier molecular flexibility index (Phi) is 3.02. The molecule has 0 unspecified atom stereocenters. The Balaban J connectivity index is 2.59. The summed E-state index contributed by atoms with van der Waals surface area (Å²) in [7, 11) is 0. The van der Waals surface area contributed by atoms with Gasteiger partial charge in [0.2, 0.25) is 0 Å². The van der Waals surface area contributed by atoms with E-state index in [1.807, 2.05) is 25.1 Å². The third kappa shape index (κ3) is 1.89. The summed E-state index contributed by atoms with van der Waals surface area (Å²) < 4.78 is 2.60. The maximum absolute atomic E-state index is 5.74. The van der Waals surface area contributed by atoms with Crippen LogP contribution in [0.3, 0.4) is 0 Å².